The molecule has 1 aliphatic rings. The maximum Gasteiger partial charge on any atom is 0.0374 e. The third kappa shape index (κ3) is 2.24. The van der Waals surface area contributed by atoms with Crippen LogP contribution in [0.25, 0.3) is 0 Å². The van der Waals surface area contributed by atoms with Crippen molar-refractivity contribution in [3.05, 3.63) is 29.3 Å². The molecule has 2 heteroatoms. The molecule has 0 radical (unpaired) electrons. The molecule has 14 heavy (non-hydrogen) atoms. The van der Waals surface area contributed by atoms with E-state index in [-0.39, 0.29) is 0 Å². The second-order valence-electron chi connectivity index (χ2n) is 4.02. The van der Waals surface area contributed by atoms with Gasteiger partial charge in [0.15, 0.2) is 0 Å². The SMILES string of the molecule is Cc1ccc(C)c(N[C@H]2CCSC2)c1. The number of rotatable bonds is 2. The van der Waals surface area contributed by atoms with Gasteiger partial charge in [-0.2, -0.15) is 11.8 Å². The Bertz CT molecular complexity index is 316. The normalized spacial score (nSPS) is 21.1. The first-order valence-electron chi connectivity index (χ1n) is 5.17. The molecule has 0 aliphatic carbocycles. The lowest BCUT2D eigenvalue weighted by molar-refractivity contribution is 0.811. The summed E-state index contributed by atoms with van der Waals surface area (Å²) < 4.78 is 0. The van der Waals surface area contributed by atoms with Gasteiger partial charge in [0, 0.05) is 17.5 Å². The molecule has 1 heterocycles. The van der Waals surface area contributed by atoms with Crippen molar-refractivity contribution < 1.29 is 0 Å². The van der Waals surface area contributed by atoms with E-state index in [1.807, 2.05) is 11.8 Å². The Morgan fingerprint density at radius 1 is 1.36 bits per heavy atom. The highest BCUT2D eigenvalue weighted by Gasteiger charge is 2.15. The van der Waals surface area contributed by atoms with Crippen LogP contribution in [0.1, 0.15) is 17.5 Å². The van der Waals surface area contributed by atoms with Gasteiger partial charge >= 0.3 is 0 Å². The molecule has 1 aromatic rings. The first-order chi connectivity index (χ1) is 6.75. The van der Waals surface area contributed by atoms with E-state index < -0.39 is 0 Å². The van der Waals surface area contributed by atoms with Crippen molar-refractivity contribution in [1.82, 2.24) is 0 Å². The first kappa shape index (κ1) is 9.91. The summed E-state index contributed by atoms with van der Waals surface area (Å²) in [7, 11) is 0. The smallest absolute Gasteiger partial charge is 0.0374 e. The fourth-order valence-corrected chi connectivity index (χ4v) is 2.91. The van der Waals surface area contributed by atoms with Crippen molar-refractivity contribution in [1.29, 1.82) is 0 Å². The van der Waals surface area contributed by atoms with Crippen LogP contribution in [0.3, 0.4) is 0 Å². The lowest BCUT2D eigenvalue weighted by Gasteiger charge is -2.15. The average molecular weight is 207 g/mol. The number of aryl methyl sites for hydroxylation is 2. The van der Waals surface area contributed by atoms with Gasteiger partial charge in [-0.15, -0.1) is 0 Å². The molecule has 1 aromatic carbocycles. The Hall–Kier alpha value is -0.630. The fraction of sp³-hybridized carbons (Fsp3) is 0.500. The molecule has 1 saturated heterocycles. The summed E-state index contributed by atoms with van der Waals surface area (Å²) in [6, 6.07) is 7.29. The van der Waals surface area contributed by atoms with Crippen LogP contribution in [0.15, 0.2) is 18.2 Å². The van der Waals surface area contributed by atoms with Gasteiger partial charge < -0.3 is 5.32 Å². The van der Waals surface area contributed by atoms with Gasteiger partial charge in [0.25, 0.3) is 0 Å². The van der Waals surface area contributed by atoms with Crippen molar-refractivity contribution in [3.63, 3.8) is 0 Å². The van der Waals surface area contributed by atoms with E-state index in [0.29, 0.717) is 6.04 Å². The van der Waals surface area contributed by atoms with Crippen LogP contribution in [-0.4, -0.2) is 17.5 Å². The van der Waals surface area contributed by atoms with Crippen LogP contribution in [0.2, 0.25) is 0 Å². The van der Waals surface area contributed by atoms with Gasteiger partial charge in [0.2, 0.25) is 0 Å². The van der Waals surface area contributed by atoms with Crippen molar-refractivity contribution in [2.45, 2.75) is 26.3 Å². The van der Waals surface area contributed by atoms with E-state index >= 15 is 0 Å². The summed E-state index contributed by atoms with van der Waals surface area (Å²) >= 11 is 2.05. The number of anilines is 1. The molecule has 1 fully saturated rings. The quantitative estimate of drug-likeness (QED) is 0.799. The number of hydrogen-bond acceptors (Lipinski definition) is 2. The highest BCUT2D eigenvalue weighted by atomic mass is 32.2. The molecule has 1 nitrogen and oxygen atoms in total. The highest BCUT2D eigenvalue weighted by molar-refractivity contribution is 7.99. The molecule has 1 atom stereocenters. The summed E-state index contributed by atoms with van der Waals surface area (Å²) in [6.07, 6.45) is 1.30. The largest absolute Gasteiger partial charge is 0.381 e. The third-order valence-corrected chi connectivity index (χ3v) is 3.84. The van der Waals surface area contributed by atoms with E-state index in [2.05, 4.69) is 37.4 Å². The van der Waals surface area contributed by atoms with E-state index in [1.54, 1.807) is 0 Å². The molecule has 0 amide bonds. The first-order valence-corrected chi connectivity index (χ1v) is 6.33. The zero-order chi connectivity index (χ0) is 9.97. The van der Waals surface area contributed by atoms with Crippen LogP contribution >= 0.6 is 11.8 Å². The van der Waals surface area contributed by atoms with Crippen LogP contribution in [0.4, 0.5) is 5.69 Å². The minimum atomic E-state index is 0.681. The predicted molar refractivity (Wildman–Crippen MR) is 65.3 cm³/mol. The number of benzene rings is 1. The monoisotopic (exact) mass is 207 g/mol. The average Bonchev–Trinajstić information content (AvgIpc) is 2.64. The fourth-order valence-electron chi connectivity index (χ4n) is 1.76. The van der Waals surface area contributed by atoms with E-state index in [9.17, 15) is 0 Å². The maximum atomic E-state index is 3.63. The summed E-state index contributed by atoms with van der Waals surface area (Å²) in [4.78, 5) is 0. The highest BCUT2D eigenvalue weighted by Crippen LogP contribution is 2.23. The van der Waals surface area contributed by atoms with E-state index in [4.69, 9.17) is 0 Å². The third-order valence-electron chi connectivity index (χ3n) is 2.68. The summed E-state index contributed by atoms with van der Waals surface area (Å²) in [5, 5.41) is 3.63. The lowest BCUT2D eigenvalue weighted by atomic mass is 10.1. The van der Waals surface area contributed by atoms with Crippen LogP contribution in [0.5, 0.6) is 0 Å². The molecule has 1 aliphatic heterocycles. The molecule has 2 rings (SSSR count). The Balaban J connectivity index is 2.10. The molecular formula is C12H17NS. The molecule has 0 aromatic heterocycles. The van der Waals surface area contributed by atoms with Gasteiger partial charge in [0.05, 0.1) is 0 Å². The van der Waals surface area contributed by atoms with Gasteiger partial charge in [-0.25, -0.2) is 0 Å². The number of hydrogen-bond donors (Lipinski definition) is 1. The van der Waals surface area contributed by atoms with Gasteiger partial charge in [0.1, 0.15) is 0 Å². The molecule has 0 saturated carbocycles. The summed E-state index contributed by atoms with van der Waals surface area (Å²) in [5.41, 5.74) is 4.01. The van der Waals surface area contributed by atoms with E-state index in [1.165, 1.54) is 34.7 Å². The van der Waals surface area contributed by atoms with Crippen molar-refractivity contribution in [2.24, 2.45) is 0 Å². The maximum absolute atomic E-state index is 3.63. The number of nitrogens with one attached hydrogen (secondary N) is 1. The summed E-state index contributed by atoms with van der Waals surface area (Å²) in [5.74, 6) is 2.57. The number of thioether (sulfide) groups is 1. The zero-order valence-corrected chi connectivity index (χ0v) is 9.66. The zero-order valence-electron chi connectivity index (χ0n) is 8.84. The summed E-state index contributed by atoms with van der Waals surface area (Å²) in [6.45, 7) is 4.32. The molecule has 1 N–H and O–H groups in total. The second-order valence-corrected chi connectivity index (χ2v) is 5.17. The Morgan fingerprint density at radius 3 is 2.93 bits per heavy atom. The van der Waals surface area contributed by atoms with Crippen molar-refractivity contribution in [2.75, 3.05) is 16.8 Å². The Kier molecular flexibility index (Phi) is 3.02. The molecule has 0 unspecified atom stereocenters. The minimum absolute atomic E-state index is 0.681. The van der Waals surface area contributed by atoms with Crippen LogP contribution < -0.4 is 5.32 Å². The molecular weight excluding hydrogens is 190 g/mol. The van der Waals surface area contributed by atoms with Gasteiger partial charge in [-0.1, -0.05) is 12.1 Å². The molecule has 76 valence electrons. The predicted octanol–water partition coefficient (Wildman–Crippen LogP) is 3.22. The van der Waals surface area contributed by atoms with Gasteiger partial charge in [-0.3, -0.25) is 0 Å². The molecule has 0 spiro atoms. The van der Waals surface area contributed by atoms with Crippen LogP contribution in [0, 0.1) is 13.8 Å². The van der Waals surface area contributed by atoms with Crippen molar-refractivity contribution in [3.8, 4) is 0 Å². The van der Waals surface area contributed by atoms with E-state index in [0.717, 1.165) is 0 Å². The topological polar surface area (TPSA) is 12.0 Å². The lowest BCUT2D eigenvalue weighted by Crippen LogP contribution is -2.18. The Labute approximate surface area is 90.3 Å². The standard InChI is InChI=1S/C12H17NS/c1-9-3-4-10(2)12(7-9)13-11-5-6-14-8-11/h3-4,7,11,13H,5-6,8H2,1-2H3/t11-/m0/s1. The van der Waals surface area contributed by atoms with Gasteiger partial charge in [-0.05, 0) is 43.2 Å². The second kappa shape index (κ2) is 4.26. The van der Waals surface area contributed by atoms with Crippen molar-refractivity contribution >= 4 is 17.4 Å². The minimum Gasteiger partial charge on any atom is -0.381 e. The van der Waals surface area contributed by atoms with Crippen LogP contribution in [-0.2, 0) is 0 Å². The molecule has 0 bridgehead atoms. The Morgan fingerprint density at radius 2 is 2.21 bits per heavy atom.